The number of ketones is 2. The molecule has 15 heavy (non-hydrogen) atoms. The highest BCUT2D eigenvalue weighted by atomic mass is 16.1. The van der Waals surface area contributed by atoms with Crippen molar-refractivity contribution in [2.75, 3.05) is 0 Å². The lowest BCUT2D eigenvalue weighted by molar-refractivity contribution is -0.130. The van der Waals surface area contributed by atoms with Gasteiger partial charge in [0.05, 0.1) is 6.42 Å². The van der Waals surface area contributed by atoms with E-state index in [0.29, 0.717) is 12.3 Å². The number of fused-ring (bicyclic) bond motifs is 2. The quantitative estimate of drug-likeness (QED) is 0.651. The van der Waals surface area contributed by atoms with Crippen LogP contribution in [0.5, 0.6) is 0 Å². The summed E-state index contributed by atoms with van der Waals surface area (Å²) in [5.74, 6) is 2.04. The zero-order valence-electron chi connectivity index (χ0n) is 9.50. The van der Waals surface area contributed by atoms with Gasteiger partial charge in [-0.05, 0) is 37.5 Å². The Hall–Kier alpha value is -0.660. The highest BCUT2D eigenvalue weighted by molar-refractivity contribution is 6.00. The first kappa shape index (κ1) is 10.8. The van der Waals surface area contributed by atoms with Gasteiger partial charge in [0.1, 0.15) is 11.6 Å². The van der Waals surface area contributed by atoms with Crippen LogP contribution in [0.15, 0.2) is 0 Å². The molecule has 0 saturated heterocycles. The maximum atomic E-state index is 11.9. The molecule has 2 bridgehead atoms. The van der Waals surface area contributed by atoms with E-state index in [0.717, 1.165) is 18.8 Å². The van der Waals surface area contributed by atoms with E-state index in [1.165, 1.54) is 19.3 Å². The molecule has 0 aliphatic heterocycles. The standard InChI is InChI=1S/C13H20O2/c1-2-3-11(14)8-13(15)12-7-9-4-5-10(12)6-9/h9-10,12H,2-8H2,1H3. The van der Waals surface area contributed by atoms with Gasteiger partial charge in [-0.25, -0.2) is 0 Å². The average Bonchev–Trinajstić information content (AvgIpc) is 2.78. The Kier molecular flexibility index (Phi) is 3.22. The van der Waals surface area contributed by atoms with Crippen LogP contribution in [0.3, 0.4) is 0 Å². The van der Waals surface area contributed by atoms with Gasteiger partial charge in [-0.2, -0.15) is 0 Å². The van der Waals surface area contributed by atoms with Crippen molar-refractivity contribution in [2.45, 2.75) is 51.9 Å². The van der Waals surface area contributed by atoms with Gasteiger partial charge in [0.25, 0.3) is 0 Å². The van der Waals surface area contributed by atoms with Crippen molar-refractivity contribution in [2.24, 2.45) is 17.8 Å². The van der Waals surface area contributed by atoms with Gasteiger partial charge >= 0.3 is 0 Å². The fourth-order valence-electron chi connectivity index (χ4n) is 3.33. The van der Waals surface area contributed by atoms with E-state index in [9.17, 15) is 9.59 Å². The third kappa shape index (κ3) is 2.30. The van der Waals surface area contributed by atoms with Gasteiger partial charge in [0.15, 0.2) is 0 Å². The Morgan fingerprint density at radius 1 is 1.20 bits per heavy atom. The second kappa shape index (κ2) is 4.46. The minimum Gasteiger partial charge on any atom is -0.299 e. The summed E-state index contributed by atoms with van der Waals surface area (Å²) in [4.78, 5) is 23.3. The van der Waals surface area contributed by atoms with Crippen LogP contribution in [-0.4, -0.2) is 11.6 Å². The number of rotatable bonds is 5. The van der Waals surface area contributed by atoms with Crippen molar-refractivity contribution in [3.05, 3.63) is 0 Å². The van der Waals surface area contributed by atoms with Crippen LogP contribution in [0.4, 0.5) is 0 Å². The molecule has 2 rings (SSSR count). The zero-order chi connectivity index (χ0) is 10.8. The van der Waals surface area contributed by atoms with Crippen molar-refractivity contribution in [1.29, 1.82) is 0 Å². The van der Waals surface area contributed by atoms with Crippen molar-refractivity contribution < 1.29 is 9.59 Å². The molecule has 3 unspecified atom stereocenters. The van der Waals surface area contributed by atoms with E-state index in [2.05, 4.69) is 0 Å². The van der Waals surface area contributed by atoms with Crippen molar-refractivity contribution in [1.82, 2.24) is 0 Å². The van der Waals surface area contributed by atoms with Crippen LogP contribution >= 0.6 is 0 Å². The molecule has 0 aromatic heterocycles. The number of hydrogen-bond acceptors (Lipinski definition) is 2. The molecule has 0 heterocycles. The fraction of sp³-hybridized carbons (Fsp3) is 0.846. The second-order valence-electron chi connectivity index (χ2n) is 5.21. The average molecular weight is 208 g/mol. The van der Waals surface area contributed by atoms with Crippen molar-refractivity contribution >= 4 is 11.6 Å². The summed E-state index contributed by atoms with van der Waals surface area (Å²) in [5.41, 5.74) is 0. The molecule has 2 nitrogen and oxygen atoms in total. The fourth-order valence-corrected chi connectivity index (χ4v) is 3.33. The lowest BCUT2D eigenvalue weighted by Crippen LogP contribution is -2.23. The molecule has 2 fully saturated rings. The molecule has 2 aliphatic carbocycles. The molecule has 84 valence electrons. The van der Waals surface area contributed by atoms with Gasteiger partial charge in [-0.3, -0.25) is 9.59 Å². The van der Waals surface area contributed by atoms with E-state index in [4.69, 9.17) is 0 Å². The highest BCUT2D eigenvalue weighted by Crippen LogP contribution is 2.48. The molecule has 0 spiro atoms. The third-order valence-corrected chi connectivity index (χ3v) is 4.05. The number of hydrogen-bond donors (Lipinski definition) is 0. The first-order valence-electron chi connectivity index (χ1n) is 6.25. The summed E-state index contributed by atoms with van der Waals surface area (Å²) in [6.45, 7) is 1.99. The maximum absolute atomic E-state index is 11.9. The van der Waals surface area contributed by atoms with Gasteiger partial charge in [-0.15, -0.1) is 0 Å². The molecule has 0 radical (unpaired) electrons. The molecule has 0 aromatic rings. The predicted molar refractivity (Wildman–Crippen MR) is 58.5 cm³/mol. The summed E-state index contributed by atoms with van der Waals surface area (Å²) < 4.78 is 0. The Morgan fingerprint density at radius 3 is 2.53 bits per heavy atom. The van der Waals surface area contributed by atoms with Gasteiger partial charge < -0.3 is 0 Å². The molecule has 0 aromatic carbocycles. The number of Topliss-reactive ketones (excluding diaryl/α,β-unsaturated/α-hetero) is 2. The molecule has 3 atom stereocenters. The van der Waals surface area contributed by atoms with Gasteiger partial charge in [-0.1, -0.05) is 13.3 Å². The second-order valence-corrected chi connectivity index (χ2v) is 5.21. The molecular formula is C13H20O2. The smallest absolute Gasteiger partial charge is 0.143 e. The molecule has 2 saturated carbocycles. The van der Waals surface area contributed by atoms with Crippen LogP contribution in [0.2, 0.25) is 0 Å². The van der Waals surface area contributed by atoms with Gasteiger partial charge in [0, 0.05) is 12.3 Å². The summed E-state index contributed by atoms with van der Waals surface area (Å²) >= 11 is 0. The predicted octanol–water partition coefficient (Wildman–Crippen LogP) is 2.75. The van der Waals surface area contributed by atoms with E-state index < -0.39 is 0 Å². The molecule has 0 amide bonds. The minimum atomic E-state index is 0.144. The summed E-state index contributed by atoms with van der Waals surface area (Å²) in [7, 11) is 0. The number of carbonyl (C=O) groups is 2. The van der Waals surface area contributed by atoms with Crippen LogP contribution in [0.25, 0.3) is 0 Å². The summed E-state index contributed by atoms with van der Waals surface area (Å²) in [6, 6.07) is 0. The van der Waals surface area contributed by atoms with Crippen LogP contribution in [-0.2, 0) is 9.59 Å². The normalized spacial score (nSPS) is 33.3. The van der Waals surface area contributed by atoms with Crippen LogP contribution in [0.1, 0.15) is 51.9 Å². The van der Waals surface area contributed by atoms with E-state index in [1.54, 1.807) is 0 Å². The molecule has 0 N–H and O–H groups in total. The number of carbonyl (C=O) groups excluding carboxylic acids is 2. The third-order valence-electron chi connectivity index (χ3n) is 4.05. The van der Waals surface area contributed by atoms with Crippen LogP contribution < -0.4 is 0 Å². The molecule has 2 heteroatoms. The zero-order valence-corrected chi connectivity index (χ0v) is 9.50. The van der Waals surface area contributed by atoms with Gasteiger partial charge in [0.2, 0.25) is 0 Å². The topological polar surface area (TPSA) is 34.1 Å². The first-order valence-corrected chi connectivity index (χ1v) is 6.25. The monoisotopic (exact) mass is 208 g/mol. The largest absolute Gasteiger partial charge is 0.299 e. The Labute approximate surface area is 91.4 Å². The highest BCUT2D eigenvalue weighted by Gasteiger charge is 2.42. The Morgan fingerprint density at radius 2 is 2.00 bits per heavy atom. The maximum Gasteiger partial charge on any atom is 0.143 e. The van der Waals surface area contributed by atoms with Crippen LogP contribution in [0, 0.1) is 17.8 Å². The van der Waals surface area contributed by atoms with Crippen molar-refractivity contribution in [3.63, 3.8) is 0 Å². The lowest BCUT2D eigenvalue weighted by atomic mass is 9.84. The molecule has 2 aliphatic rings. The van der Waals surface area contributed by atoms with E-state index in [1.807, 2.05) is 6.92 Å². The Bertz CT molecular complexity index is 270. The van der Waals surface area contributed by atoms with Crippen molar-refractivity contribution in [3.8, 4) is 0 Å². The minimum absolute atomic E-state index is 0.144. The molecular weight excluding hydrogens is 188 g/mol. The first-order chi connectivity index (χ1) is 7.20. The lowest BCUT2D eigenvalue weighted by Gasteiger charge is -2.19. The summed E-state index contributed by atoms with van der Waals surface area (Å²) in [5, 5.41) is 0. The Balaban J connectivity index is 1.84. The summed E-state index contributed by atoms with van der Waals surface area (Å²) in [6.07, 6.45) is 6.51. The van der Waals surface area contributed by atoms with E-state index in [-0.39, 0.29) is 23.9 Å². The SMILES string of the molecule is CCCC(=O)CC(=O)C1CC2CCC1C2. The van der Waals surface area contributed by atoms with E-state index >= 15 is 0 Å².